The zero-order chi connectivity index (χ0) is 15.2. The Kier molecular flexibility index (Phi) is 5.99. The lowest BCUT2D eigenvalue weighted by atomic mass is 10.0. The molecule has 1 saturated heterocycles. The monoisotopic (exact) mass is 313 g/mol. The Morgan fingerprint density at radius 1 is 1.24 bits per heavy atom. The van der Waals surface area contributed by atoms with Gasteiger partial charge in [0.15, 0.2) is 0 Å². The largest absolute Gasteiger partial charge is 0.463 e. The minimum absolute atomic E-state index is 0.184. The molecule has 2 heterocycles. The Morgan fingerprint density at radius 2 is 1.95 bits per heavy atom. The number of aromatic nitrogens is 3. The summed E-state index contributed by atoms with van der Waals surface area (Å²) >= 11 is 5.98. The fourth-order valence-corrected chi connectivity index (χ4v) is 2.67. The summed E-state index contributed by atoms with van der Waals surface area (Å²) in [6, 6.07) is 0.745. The molecule has 0 atom stereocenters. The van der Waals surface area contributed by atoms with E-state index in [1.165, 1.54) is 0 Å². The molecule has 0 amide bonds. The van der Waals surface area contributed by atoms with Gasteiger partial charge in [0.2, 0.25) is 11.2 Å². The molecule has 6 nitrogen and oxygen atoms in total. The van der Waals surface area contributed by atoms with E-state index in [9.17, 15) is 0 Å². The number of halogens is 1. The number of hydrogen-bond donors (Lipinski definition) is 0. The summed E-state index contributed by atoms with van der Waals surface area (Å²) in [6.07, 6.45) is 3.13. The number of hydrogen-bond acceptors (Lipinski definition) is 6. The van der Waals surface area contributed by atoms with Crippen LogP contribution < -0.4 is 9.64 Å². The zero-order valence-electron chi connectivity index (χ0n) is 13.0. The van der Waals surface area contributed by atoms with E-state index in [1.54, 1.807) is 0 Å². The Morgan fingerprint density at radius 3 is 2.57 bits per heavy atom. The van der Waals surface area contributed by atoms with Crippen LogP contribution in [0.15, 0.2) is 0 Å². The Bertz CT molecular complexity index is 451. The van der Waals surface area contributed by atoms with Crippen LogP contribution in [0.4, 0.5) is 5.95 Å². The topological polar surface area (TPSA) is 54.4 Å². The Balaban J connectivity index is 2.04. The van der Waals surface area contributed by atoms with Gasteiger partial charge in [-0.2, -0.15) is 15.0 Å². The quantitative estimate of drug-likeness (QED) is 0.803. The van der Waals surface area contributed by atoms with Crippen molar-refractivity contribution in [3.63, 3.8) is 0 Å². The van der Waals surface area contributed by atoms with E-state index in [1.807, 2.05) is 14.0 Å². The second-order valence-electron chi connectivity index (χ2n) is 5.31. The minimum Gasteiger partial charge on any atom is -0.463 e. The molecular weight excluding hydrogens is 290 g/mol. The average Bonchev–Trinajstić information content (AvgIpc) is 2.51. The molecule has 1 aromatic rings. The van der Waals surface area contributed by atoms with Gasteiger partial charge in [0, 0.05) is 26.2 Å². The second kappa shape index (κ2) is 7.75. The molecule has 0 spiro atoms. The van der Waals surface area contributed by atoms with Gasteiger partial charge in [-0.3, -0.25) is 0 Å². The third kappa shape index (κ3) is 4.41. The summed E-state index contributed by atoms with van der Waals surface area (Å²) in [5.41, 5.74) is 0. The van der Waals surface area contributed by atoms with E-state index in [0.29, 0.717) is 24.6 Å². The highest BCUT2D eigenvalue weighted by Crippen LogP contribution is 2.21. The van der Waals surface area contributed by atoms with Gasteiger partial charge in [-0.05, 0) is 37.4 Å². The molecule has 7 heteroatoms. The van der Waals surface area contributed by atoms with Gasteiger partial charge in [-0.25, -0.2) is 0 Å². The average molecular weight is 314 g/mol. The van der Waals surface area contributed by atoms with Crippen LogP contribution in [0.25, 0.3) is 0 Å². The van der Waals surface area contributed by atoms with Crippen molar-refractivity contribution in [1.29, 1.82) is 0 Å². The van der Waals surface area contributed by atoms with Gasteiger partial charge in [0.05, 0.1) is 6.61 Å². The number of rotatable bonds is 6. The van der Waals surface area contributed by atoms with E-state index in [-0.39, 0.29) is 5.28 Å². The number of likely N-dealkylation sites (tertiary alicyclic amines) is 1. The van der Waals surface area contributed by atoms with Crippen molar-refractivity contribution in [2.24, 2.45) is 0 Å². The molecule has 1 aliphatic rings. The van der Waals surface area contributed by atoms with Gasteiger partial charge in [-0.15, -0.1) is 0 Å². The molecule has 0 aromatic carbocycles. The third-order valence-corrected chi connectivity index (χ3v) is 4.05. The van der Waals surface area contributed by atoms with Crippen LogP contribution in [0.1, 0.15) is 33.1 Å². The van der Waals surface area contributed by atoms with Gasteiger partial charge < -0.3 is 14.5 Å². The highest BCUT2D eigenvalue weighted by atomic mass is 35.5. The van der Waals surface area contributed by atoms with Crippen LogP contribution in [0.5, 0.6) is 6.01 Å². The van der Waals surface area contributed by atoms with Crippen LogP contribution >= 0.6 is 11.6 Å². The van der Waals surface area contributed by atoms with Gasteiger partial charge in [0.25, 0.3) is 0 Å². The summed E-state index contributed by atoms with van der Waals surface area (Å²) < 4.78 is 5.47. The van der Waals surface area contributed by atoms with Gasteiger partial charge >= 0.3 is 6.01 Å². The van der Waals surface area contributed by atoms with Gasteiger partial charge in [-0.1, -0.05) is 13.8 Å². The Labute approximate surface area is 131 Å². The standard InChI is InChI=1S/C14H24ClN5O/c1-4-10-21-14-17-12(15)16-13(18-14)19(3)11-6-8-20(5-2)9-7-11/h11H,4-10H2,1-3H3. The predicted molar refractivity (Wildman–Crippen MR) is 84.2 cm³/mol. The normalized spacial score (nSPS) is 17.0. The van der Waals surface area contributed by atoms with E-state index in [4.69, 9.17) is 16.3 Å². The molecule has 0 radical (unpaired) electrons. The maximum Gasteiger partial charge on any atom is 0.322 e. The SMILES string of the molecule is CCCOc1nc(Cl)nc(N(C)C2CCN(CC)CC2)n1. The lowest BCUT2D eigenvalue weighted by Crippen LogP contribution is -2.43. The number of nitrogens with zero attached hydrogens (tertiary/aromatic N) is 5. The van der Waals surface area contributed by atoms with Crippen molar-refractivity contribution >= 4 is 17.5 Å². The highest BCUT2D eigenvalue weighted by molar-refractivity contribution is 6.28. The van der Waals surface area contributed by atoms with Crippen LogP contribution in [0.2, 0.25) is 5.28 Å². The van der Waals surface area contributed by atoms with Crippen molar-refractivity contribution < 1.29 is 4.74 Å². The first-order valence-corrected chi connectivity index (χ1v) is 8.01. The lowest BCUT2D eigenvalue weighted by molar-refractivity contribution is 0.220. The van der Waals surface area contributed by atoms with Crippen LogP contribution in [0, 0.1) is 0 Å². The van der Waals surface area contributed by atoms with E-state index in [0.717, 1.165) is 38.9 Å². The Hall–Kier alpha value is -1.14. The molecule has 2 rings (SSSR count). The molecule has 0 N–H and O–H groups in total. The van der Waals surface area contributed by atoms with Crippen LogP contribution in [-0.2, 0) is 0 Å². The number of piperidine rings is 1. The summed E-state index contributed by atoms with van der Waals surface area (Å²) in [4.78, 5) is 17.2. The zero-order valence-corrected chi connectivity index (χ0v) is 13.8. The van der Waals surface area contributed by atoms with Crippen LogP contribution in [0.3, 0.4) is 0 Å². The smallest absolute Gasteiger partial charge is 0.322 e. The summed E-state index contributed by atoms with van der Waals surface area (Å²) in [5, 5.41) is 0.184. The number of anilines is 1. The van der Waals surface area contributed by atoms with Crippen molar-refractivity contribution in [2.75, 3.05) is 38.2 Å². The first-order chi connectivity index (χ1) is 10.1. The maximum atomic E-state index is 5.98. The highest BCUT2D eigenvalue weighted by Gasteiger charge is 2.24. The molecule has 0 aliphatic carbocycles. The second-order valence-corrected chi connectivity index (χ2v) is 5.65. The first kappa shape index (κ1) is 16.2. The molecule has 1 aromatic heterocycles. The van der Waals surface area contributed by atoms with E-state index in [2.05, 4.69) is 31.7 Å². The lowest BCUT2D eigenvalue weighted by Gasteiger charge is -2.36. The van der Waals surface area contributed by atoms with Crippen molar-refractivity contribution in [1.82, 2.24) is 19.9 Å². The number of ether oxygens (including phenoxy) is 1. The molecule has 0 bridgehead atoms. The summed E-state index contributed by atoms with van der Waals surface area (Å²) in [7, 11) is 2.02. The summed E-state index contributed by atoms with van der Waals surface area (Å²) in [6.45, 7) is 8.17. The van der Waals surface area contributed by atoms with Crippen molar-refractivity contribution in [2.45, 2.75) is 39.2 Å². The molecular formula is C14H24ClN5O. The van der Waals surface area contributed by atoms with Crippen molar-refractivity contribution in [3.05, 3.63) is 5.28 Å². The van der Waals surface area contributed by atoms with Crippen molar-refractivity contribution in [3.8, 4) is 6.01 Å². The fourth-order valence-electron chi connectivity index (χ4n) is 2.52. The van der Waals surface area contributed by atoms with Gasteiger partial charge in [0.1, 0.15) is 0 Å². The molecule has 0 saturated carbocycles. The molecule has 0 unspecified atom stereocenters. The fraction of sp³-hybridized carbons (Fsp3) is 0.786. The molecule has 118 valence electrons. The minimum atomic E-state index is 0.184. The summed E-state index contributed by atoms with van der Waals surface area (Å²) in [5.74, 6) is 0.594. The predicted octanol–water partition coefficient (Wildman–Crippen LogP) is 2.23. The van der Waals surface area contributed by atoms with Crippen LogP contribution in [-0.4, -0.2) is 59.2 Å². The molecule has 1 fully saturated rings. The first-order valence-electron chi connectivity index (χ1n) is 7.63. The van der Waals surface area contributed by atoms with E-state index < -0.39 is 0 Å². The molecule has 1 aliphatic heterocycles. The van der Waals surface area contributed by atoms with E-state index >= 15 is 0 Å². The molecule has 21 heavy (non-hydrogen) atoms. The third-order valence-electron chi connectivity index (χ3n) is 3.88. The maximum absolute atomic E-state index is 5.98.